The molecule has 1 unspecified atom stereocenters. The highest BCUT2D eigenvalue weighted by molar-refractivity contribution is 5.94. The first-order chi connectivity index (χ1) is 9.85. The molecule has 2 rings (SSSR count). The Bertz CT molecular complexity index is 387. The van der Waals surface area contributed by atoms with E-state index in [1.54, 1.807) is 0 Å². The molecule has 2 aliphatic rings. The molecule has 0 spiro atoms. The molecule has 1 saturated carbocycles. The molecule has 0 aromatic carbocycles. The summed E-state index contributed by atoms with van der Waals surface area (Å²) in [5.41, 5.74) is -0.323. The Labute approximate surface area is 127 Å². The highest BCUT2D eigenvalue weighted by atomic mass is 16.2. The smallest absolute Gasteiger partial charge is 0.322 e. The van der Waals surface area contributed by atoms with Crippen molar-refractivity contribution in [1.82, 2.24) is 10.6 Å². The summed E-state index contributed by atoms with van der Waals surface area (Å²) in [5, 5.41) is 5.23. The van der Waals surface area contributed by atoms with E-state index >= 15 is 0 Å². The van der Waals surface area contributed by atoms with E-state index in [1.165, 1.54) is 43.4 Å². The van der Waals surface area contributed by atoms with E-state index < -0.39 is 0 Å². The summed E-state index contributed by atoms with van der Waals surface area (Å²) in [6.45, 7) is 7.20. The number of hydrogen-bond acceptors (Lipinski definition) is 2. The lowest BCUT2D eigenvalue weighted by Crippen LogP contribution is -3.18. The molecule has 0 bridgehead atoms. The SMILES string of the molecule is CC(C)(C)NC(=O)NC(=O)C[NH+]1CCC[C@@H]2CCCC[C@@H]21. The Morgan fingerprint density at radius 2 is 1.76 bits per heavy atom. The normalized spacial score (nSPS) is 29.4. The van der Waals surface area contributed by atoms with Gasteiger partial charge in [-0.1, -0.05) is 6.42 Å². The number of hydrogen-bond donors (Lipinski definition) is 3. The average molecular weight is 296 g/mol. The van der Waals surface area contributed by atoms with Crippen molar-refractivity contribution in [3.05, 3.63) is 0 Å². The van der Waals surface area contributed by atoms with Gasteiger partial charge < -0.3 is 10.2 Å². The van der Waals surface area contributed by atoms with Gasteiger partial charge in [0, 0.05) is 11.5 Å². The second-order valence-corrected chi connectivity index (χ2v) is 7.63. The predicted molar refractivity (Wildman–Crippen MR) is 82.1 cm³/mol. The summed E-state index contributed by atoms with van der Waals surface area (Å²) in [4.78, 5) is 25.2. The minimum absolute atomic E-state index is 0.155. The van der Waals surface area contributed by atoms with E-state index in [4.69, 9.17) is 0 Å². The number of carbonyl (C=O) groups is 2. The molecule has 0 aromatic rings. The molecule has 0 radical (unpaired) electrons. The number of rotatable bonds is 2. The van der Waals surface area contributed by atoms with Gasteiger partial charge in [0.25, 0.3) is 5.91 Å². The standard InChI is InChI=1S/C16H29N3O2/c1-16(2,3)18-15(21)17-14(20)11-19-10-6-8-12-7-4-5-9-13(12)19/h12-13H,4-11H2,1-3H3,(H2,17,18,20,21)/p+1/t12-,13-/m0/s1. The topological polar surface area (TPSA) is 62.6 Å². The molecule has 1 aliphatic carbocycles. The summed E-state index contributed by atoms with van der Waals surface area (Å²) in [6, 6.07) is 0.244. The predicted octanol–water partition coefficient (Wildman–Crippen LogP) is 0.848. The molecule has 1 saturated heterocycles. The Morgan fingerprint density at radius 3 is 2.48 bits per heavy atom. The highest BCUT2D eigenvalue weighted by Crippen LogP contribution is 2.28. The zero-order valence-corrected chi connectivity index (χ0v) is 13.6. The van der Waals surface area contributed by atoms with E-state index in [2.05, 4.69) is 10.6 Å². The zero-order valence-electron chi connectivity index (χ0n) is 13.6. The number of amides is 3. The number of nitrogens with one attached hydrogen (secondary N) is 3. The molecule has 1 aliphatic heterocycles. The van der Waals surface area contributed by atoms with Crippen LogP contribution in [0.4, 0.5) is 4.79 Å². The van der Waals surface area contributed by atoms with Gasteiger partial charge in [-0.2, -0.15) is 0 Å². The monoisotopic (exact) mass is 296 g/mol. The molecule has 1 heterocycles. The summed E-state index contributed by atoms with van der Waals surface area (Å²) >= 11 is 0. The minimum Gasteiger partial charge on any atom is -0.333 e. The van der Waals surface area contributed by atoms with Crippen LogP contribution >= 0.6 is 0 Å². The quantitative estimate of drug-likeness (QED) is 0.707. The van der Waals surface area contributed by atoms with Crippen molar-refractivity contribution in [3.8, 4) is 0 Å². The first-order valence-corrected chi connectivity index (χ1v) is 8.32. The number of fused-ring (bicyclic) bond motifs is 1. The van der Waals surface area contributed by atoms with Crippen LogP contribution in [0.3, 0.4) is 0 Å². The van der Waals surface area contributed by atoms with Gasteiger partial charge in [0.2, 0.25) is 0 Å². The van der Waals surface area contributed by atoms with Crippen LogP contribution in [0.2, 0.25) is 0 Å². The number of imide groups is 1. The molecule has 2 fully saturated rings. The second-order valence-electron chi connectivity index (χ2n) is 7.63. The summed E-state index contributed by atoms with van der Waals surface area (Å²) in [5.74, 6) is 0.636. The van der Waals surface area contributed by atoms with Crippen molar-refractivity contribution in [2.45, 2.75) is 70.9 Å². The minimum atomic E-state index is -0.385. The Morgan fingerprint density at radius 1 is 1.10 bits per heavy atom. The van der Waals surface area contributed by atoms with Crippen LogP contribution in [-0.4, -0.2) is 36.6 Å². The molecule has 3 N–H and O–H groups in total. The van der Waals surface area contributed by atoms with Crippen molar-refractivity contribution in [2.75, 3.05) is 13.1 Å². The first-order valence-electron chi connectivity index (χ1n) is 8.32. The van der Waals surface area contributed by atoms with E-state index in [9.17, 15) is 9.59 Å². The lowest BCUT2D eigenvalue weighted by Gasteiger charge is -2.40. The maximum Gasteiger partial charge on any atom is 0.322 e. The van der Waals surface area contributed by atoms with Crippen LogP contribution in [-0.2, 0) is 4.79 Å². The lowest BCUT2D eigenvalue weighted by molar-refractivity contribution is -0.928. The van der Waals surface area contributed by atoms with Gasteiger partial charge in [-0.15, -0.1) is 0 Å². The fraction of sp³-hybridized carbons (Fsp3) is 0.875. The number of piperidine rings is 1. The number of carbonyl (C=O) groups excluding carboxylic acids is 2. The molecule has 3 atom stereocenters. The fourth-order valence-electron chi connectivity index (χ4n) is 3.84. The molecule has 21 heavy (non-hydrogen) atoms. The summed E-state index contributed by atoms with van der Waals surface area (Å²) in [7, 11) is 0. The largest absolute Gasteiger partial charge is 0.333 e. The van der Waals surface area contributed by atoms with Crippen LogP contribution < -0.4 is 15.5 Å². The Kier molecular flexibility index (Phi) is 5.25. The van der Waals surface area contributed by atoms with E-state index in [0.29, 0.717) is 12.6 Å². The number of urea groups is 1. The van der Waals surface area contributed by atoms with Crippen molar-refractivity contribution >= 4 is 11.9 Å². The fourth-order valence-corrected chi connectivity index (χ4v) is 3.84. The van der Waals surface area contributed by atoms with Gasteiger partial charge in [0.05, 0.1) is 12.6 Å². The third-order valence-electron chi connectivity index (χ3n) is 4.64. The van der Waals surface area contributed by atoms with Crippen LogP contribution in [0.25, 0.3) is 0 Å². The van der Waals surface area contributed by atoms with E-state index in [1.807, 2.05) is 20.8 Å². The second kappa shape index (κ2) is 6.77. The van der Waals surface area contributed by atoms with Gasteiger partial charge in [-0.05, 0) is 52.9 Å². The van der Waals surface area contributed by atoms with Gasteiger partial charge in [-0.25, -0.2) is 4.79 Å². The van der Waals surface area contributed by atoms with Crippen LogP contribution in [0.1, 0.15) is 59.3 Å². The summed E-state index contributed by atoms with van der Waals surface area (Å²) in [6.07, 6.45) is 7.71. The average Bonchev–Trinajstić information content (AvgIpc) is 2.36. The molecule has 5 nitrogen and oxygen atoms in total. The zero-order chi connectivity index (χ0) is 15.5. The third kappa shape index (κ3) is 4.99. The van der Waals surface area contributed by atoms with E-state index in [-0.39, 0.29) is 17.5 Å². The van der Waals surface area contributed by atoms with Crippen LogP contribution in [0.15, 0.2) is 0 Å². The van der Waals surface area contributed by atoms with Gasteiger partial charge in [-0.3, -0.25) is 10.1 Å². The maximum absolute atomic E-state index is 12.1. The number of quaternary nitrogens is 1. The van der Waals surface area contributed by atoms with Crippen molar-refractivity contribution < 1.29 is 14.5 Å². The molecule has 3 amide bonds. The highest BCUT2D eigenvalue weighted by Gasteiger charge is 2.37. The molecule has 0 aromatic heterocycles. The van der Waals surface area contributed by atoms with Gasteiger partial charge in [0.1, 0.15) is 0 Å². The van der Waals surface area contributed by atoms with Crippen molar-refractivity contribution in [2.24, 2.45) is 5.92 Å². The molecular weight excluding hydrogens is 266 g/mol. The van der Waals surface area contributed by atoms with E-state index in [0.717, 1.165) is 12.5 Å². The van der Waals surface area contributed by atoms with Gasteiger partial charge >= 0.3 is 6.03 Å². The lowest BCUT2D eigenvalue weighted by atomic mass is 9.78. The van der Waals surface area contributed by atoms with Crippen LogP contribution in [0, 0.1) is 5.92 Å². The molecule has 5 heteroatoms. The first kappa shape index (κ1) is 16.3. The van der Waals surface area contributed by atoms with Gasteiger partial charge in [0.15, 0.2) is 6.54 Å². The van der Waals surface area contributed by atoms with Crippen molar-refractivity contribution in [1.29, 1.82) is 0 Å². The van der Waals surface area contributed by atoms with Crippen LogP contribution in [0.5, 0.6) is 0 Å². The number of likely N-dealkylation sites (tertiary alicyclic amines) is 1. The summed E-state index contributed by atoms with van der Waals surface area (Å²) < 4.78 is 0. The maximum atomic E-state index is 12.1. The third-order valence-corrected chi connectivity index (χ3v) is 4.64. The molecule has 120 valence electrons. The Balaban J connectivity index is 1.82. The Hall–Kier alpha value is -1.10. The van der Waals surface area contributed by atoms with Crippen molar-refractivity contribution in [3.63, 3.8) is 0 Å². The molecular formula is C16H30N3O2+.